The van der Waals surface area contributed by atoms with Gasteiger partial charge in [0.1, 0.15) is 24.7 Å². The van der Waals surface area contributed by atoms with E-state index in [1.54, 1.807) is 48.5 Å². The average Bonchev–Trinajstić information content (AvgIpc) is 2.84. The van der Waals surface area contributed by atoms with Crippen LogP contribution in [0.25, 0.3) is 0 Å². The van der Waals surface area contributed by atoms with E-state index in [1.807, 2.05) is 60.7 Å². The Morgan fingerprint density at radius 1 is 0.562 bits per heavy atom. The topological polar surface area (TPSA) is 52.6 Å². The molecule has 0 N–H and O–H groups in total. The van der Waals surface area contributed by atoms with E-state index in [9.17, 15) is 8.42 Å². The van der Waals surface area contributed by atoms with Crippen LogP contribution in [0, 0.1) is 0 Å². The molecule has 0 unspecified atom stereocenters. The summed E-state index contributed by atoms with van der Waals surface area (Å²) in [7, 11) is -2.73. The van der Waals surface area contributed by atoms with Crippen LogP contribution in [0.1, 0.15) is 11.1 Å². The van der Waals surface area contributed by atoms with E-state index in [0.29, 0.717) is 29.6 Å². The number of ether oxygens (including phenoxy) is 2. The fourth-order valence-corrected chi connectivity index (χ4v) is 5.73. The lowest BCUT2D eigenvalue weighted by atomic mass is 10.2. The molecular formula is C26H22O4S2. The largest absolute Gasteiger partial charge is 0.489 e. The second-order valence-electron chi connectivity index (χ2n) is 7.03. The minimum Gasteiger partial charge on any atom is -0.489 e. The van der Waals surface area contributed by atoms with Crippen molar-refractivity contribution in [2.45, 2.75) is 23.0 Å². The van der Waals surface area contributed by atoms with Crippen molar-refractivity contribution in [2.24, 2.45) is 0 Å². The molecule has 0 spiro atoms. The normalized spacial score (nSPS) is 11.1. The molecule has 0 radical (unpaired) electrons. The van der Waals surface area contributed by atoms with Gasteiger partial charge < -0.3 is 9.47 Å². The van der Waals surface area contributed by atoms with Crippen molar-refractivity contribution in [1.82, 2.24) is 0 Å². The predicted octanol–water partition coefficient (Wildman–Crippen LogP) is 6.33. The van der Waals surface area contributed by atoms with Gasteiger partial charge >= 0.3 is 0 Å². The highest BCUT2D eigenvalue weighted by Crippen LogP contribution is 2.32. The van der Waals surface area contributed by atoms with Crippen molar-refractivity contribution in [3.63, 3.8) is 0 Å². The van der Waals surface area contributed by atoms with Gasteiger partial charge in [-0.25, -0.2) is 8.42 Å². The summed E-state index contributed by atoms with van der Waals surface area (Å²) in [5.41, 5.74) is 2.13. The van der Waals surface area contributed by atoms with Crippen molar-refractivity contribution < 1.29 is 17.9 Å². The lowest BCUT2D eigenvalue weighted by Crippen LogP contribution is -1.98. The molecule has 0 saturated carbocycles. The highest BCUT2D eigenvalue weighted by atomic mass is 33.1. The molecule has 0 aliphatic heterocycles. The van der Waals surface area contributed by atoms with Crippen molar-refractivity contribution in [3.8, 4) is 11.5 Å². The molecule has 0 amide bonds. The second-order valence-corrected chi connectivity index (χ2v) is 10.9. The van der Waals surface area contributed by atoms with Gasteiger partial charge in [0.15, 0.2) is 0 Å². The Balaban J connectivity index is 1.34. The van der Waals surface area contributed by atoms with Crippen LogP contribution in [0.15, 0.2) is 119 Å². The Morgan fingerprint density at radius 2 is 1.00 bits per heavy atom. The van der Waals surface area contributed by atoms with Crippen molar-refractivity contribution in [3.05, 3.63) is 120 Å². The second kappa shape index (κ2) is 10.4. The van der Waals surface area contributed by atoms with E-state index < -0.39 is 8.87 Å². The van der Waals surface area contributed by atoms with Gasteiger partial charge in [0.05, 0.1) is 4.90 Å². The summed E-state index contributed by atoms with van der Waals surface area (Å²) in [5.74, 6) is 1.31. The molecule has 162 valence electrons. The van der Waals surface area contributed by atoms with E-state index in [1.165, 1.54) is 0 Å². The average molecular weight is 463 g/mol. The highest BCUT2D eigenvalue weighted by molar-refractivity contribution is 8.72. The van der Waals surface area contributed by atoms with Crippen LogP contribution >= 0.6 is 10.8 Å². The van der Waals surface area contributed by atoms with Crippen LogP contribution in [0.5, 0.6) is 11.5 Å². The molecule has 4 nitrogen and oxygen atoms in total. The van der Waals surface area contributed by atoms with Gasteiger partial charge in [-0.05, 0) is 59.7 Å². The molecule has 0 aliphatic carbocycles. The summed E-state index contributed by atoms with van der Waals surface area (Å²) >= 11 is 0. The first kappa shape index (κ1) is 22.0. The van der Waals surface area contributed by atoms with Crippen molar-refractivity contribution in [1.29, 1.82) is 0 Å². The molecule has 32 heavy (non-hydrogen) atoms. The van der Waals surface area contributed by atoms with Crippen LogP contribution in [0.3, 0.4) is 0 Å². The van der Waals surface area contributed by atoms with Gasteiger partial charge in [0.2, 0.25) is 8.87 Å². The number of rotatable bonds is 9. The Kier molecular flexibility index (Phi) is 7.14. The summed E-state index contributed by atoms with van der Waals surface area (Å²) in [6.07, 6.45) is 0. The van der Waals surface area contributed by atoms with Crippen LogP contribution in [-0.2, 0) is 22.1 Å². The van der Waals surface area contributed by atoms with Crippen LogP contribution in [0.4, 0.5) is 0 Å². The minimum atomic E-state index is -3.55. The summed E-state index contributed by atoms with van der Waals surface area (Å²) in [4.78, 5) is 0.862. The third kappa shape index (κ3) is 6.15. The number of hydrogen-bond acceptors (Lipinski definition) is 5. The van der Waals surface area contributed by atoms with Crippen LogP contribution in [-0.4, -0.2) is 8.42 Å². The Bertz CT molecular complexity index is 1220. The van der Waals surface area contributed by atoms with Gasteiger partial charge in [-0.3, -0.25) is 0 Å². The first-order chi connectivity index (χ1) is 15.6. The molecule has 4 aromatic carbocycles. The third-order valence-electron chi connectivity index (χ3n) is 4.64. The molecular weight excluding hydrogens is 440 g/mol. The summed E-state index contributed by atoms with van der Waals surface area (Å²) < 4.78 is 37.0. The van der Waals surface area contributed by atoms with E-state index in [2.05, 4.69) is 0 Å². The maximum atomic E-state index is 12.8. The molecule has 0 fully saturated rings. The first-order valence-corrected chi connectivity index (χ1v) is 12.9. The predicted molar refractivity (Wildman–Crippen MR) is 127 cm³/mol. The molecule has 0 heterocycles. The minimum absolute atomic E-state index is 0.235. The first-order valence-electron chi connectivity index (χ1n) is 10.1. The maximum absolute atomic E-state index is 12.8. The van der Waals surface area contributed by atoms with Crippen molar-refractivity contribution in [2.75, 3.05) is 0 Å². The smallest absolute Gasteiger partial charge is 0.234 e. The van der Waals surface area contributed by atoms with Gasteiger partial charge in [0.25, 0.3) is 0 Å². The molecule has 0 bridgehead atoms. The van der Waals surface area contributed by atoms with E-state index in [0.717, 1.165) is 21.9 Å². The van der Waals surface area contributed by atoms with Crippen LogP contribution < -0.4 is 9.47 Å². The van der Waals surface area contributed by atoms with E-state index >= 15 is 0 Å². The fraction of sp³-hybridized carbons (Fsp3) is 0.0769. The molecule has 4 aromatic rings. The standard InChI is InChI=1S/C26H22O4S2/c27-32(28,26-17-13-24(14-18-26)30-20-22-9-5-2-6-10-22)31-25-15-11-23(12-16-25)29-19-21-7-3-1-4-8-21/h1-18H,19-20H2. The molecule has 4 rings (SSSR count). The summed E-state index contributed by atoms with van der Waals surface area (Å²) in [5, 5.41) is 0. The third-order valence-corrected chi connectivity index (χ3v) is 7.99. The Labute approximate surface area is 192 Å². The zero-order chi connectivity index (χ0) is 22.2. The monoisotopic (exact) mass is 462 g/mol. The molecule has 0 aliphatic rings. The molecule has 0 aromatic heterocycles. The quantitative estimate of drug-likeness (QED) is 0.272. The van der Waals surface area contributed by atoms with E-state index in [-0.39, 0.29) is 4.90 Å². The number of hydrogen-bond donors (Lipinski definition) is 0. The summed E-state index contributed by atoms with van der Waals surface area (Å²) in [6.45, 7) is 0.894. The fourth-order valence-electron chi connectivity index (χ4n) is 2.95. The molecule has 0 saturated heterocycles. The van der Waals surface area contributed by atoms with E-state index in [4.69, 9.17) is 9.47 Å². The Hall–Kier alpha value is -3.22. The lowest BCUT2D eigenvalue weighted by molar-refractivity contribution is 0.306. The van der Waals surface area contributed by atoms with Crippen LogP contribution in [0.2, 0.25) is 0 Å². The molecule has 0 atom stereocenters. The van der Waals surface area contributed by atoms with Gasteiger partial charge in [-0.15, -0.1) is 0 Å². The zero-order valence-corrected chi connectivity index (χ0v) is 18.9. The van der Waals surface area contributed by atoms with Gasteiger partial charge in [-0.1, -0.05) is 60.7 Å². The highest BCUT2D eigenvalue weighted by Gasteiger charge is 2.17. The van der Waals surface area contributed by atoms with Gasteiger partial charge in [-0.2, -0.15) is 0 Å². The summed E-state index contributed by atoms with van der Waals surface area (Å²) in [6, 6.07) is 33.2. The lowest BCUT2D eigenvalue weighted by Gasteiger charge is -2.09. The Morgan fingerprint density at radius 3 is 1.47 bits per heavy atom. The number of benzene rings is 4. The SMILES string of the molecule is O=S(=O)(Sc1ccc(OCc2ccccc2)cc1)c1ccc(OCc2ccccc2)cc1. The maximum Gasteiger partial charge on any atom is 0.234 e. The van der Waals surface area contributed by atoms with Crippen molar-refractivity contribution >= 4 is 19.7 Å². The zero-order valence-electron chi connectivity index (χ0n) is 17.3. The van der Waals surface area contributed by atoms with Gasteiger partial charge in [0, 0.05) is 15.7 Å². The molecule has 6 heteroatoms.